The van der Waals surface area contributed by atoms with Crippen molar-refractivity contribution in [1.82, 2.24) is 0 Å². The topological polar surface area (TPSA) is 35.2 Å². The first-order chi connectivity index (χ1) is 7.65. The molecular weight excluding hydrogens is 229 g/mol. The number of nitrogens with two attached hydrogens (primary N) is 1. The summed E-state index contributed by atoms with van der Waals surface area (Å²) in [6.45, 7) is 0.422. The number of benzene rings is 1. The monoisotopic (exact) mass is 243 g/mol. The quantitative estimate of drug-likeness (QED) is 0.886. The fraction of sp³-hybridized carbons (Fsp3) is 0.500. The van der Waals surface area contributed by atoms with Gasteiger partial charge in [-0.25, -0.2) is 4.39 Å². The van der Waals surface area contributed by atoms with Crippen molar-refractivity contribution >= 4 is 11.6 Å². The Balaban J connectivity index is 1.87. The highest BCUT2D eigenvalue weighted by Gasteiger charge is 2.22. The minimum absolute atomic E-state index is 0.145. The van der Waals surface area contributed by atoms with E-state index < -0.39 is 5.82 Å². The summed E-state index contributed by atoms with van der Waals surface area (Å²) in [5.74, 6) is -0.397. The maximum absolute atomic E-state index is 13.1. The smallest absolute Gasteiger partial charge is 0.142 e. The Labute approximate surface area is 99.5 Å². The Morgan fingerprint density at radius 3 is 2.88 bits per heavy atom. The van der Waals surface area contributed by atoms with E-state index in [1.165, 1.54) is 6.07 Å². The third-order valence-corrected chi connectivity index (χ3v) is 3.20. The fourth-order valence-electron chi connectivity index (χ4n) is 1.97. The van der Waals surface area contributed by atoms with Crippen LogP contribution in [0.2, 0.25) is 5.02 Å². The van der Waals surface area contributed by atoms with Crippen LogP contribution in [0.25, 0.3) is 0 Å². The Morgan fingerprint density at radius 2 is 2.25 bits per heavy atom. The first kappa shape index (κ1) is 11.8. The van der Waals surface area contributed by atoms with Gasteiger partial charge in [0.25, 0.3) is 0 Å². The third-order valence-electron chi connectivity index (χ3n) is 2.89. The number of rotatable bonds is 3. The van der Waals surface area contributed by atoms with E-state index in [1.54, 1.807) is 12.1 Å². The average Bonchev–Trinajstić information content (AvgIpc) is 2.66. The van der Waals surface area contributed by atoms with Gasteiger partial charge in [-0.2, -0.15) is 0 Å². The van der Waals surface area contributed by atoms with Crippen molar-refractivity contribution in [3.05, 3.63) is 34.6 Å². The molecule has 1 aliphatic rings. The van der Waals surface area contributed by atoms with Gasteiger partial charge in [-0.05, 0) is 37.0 Å². The van der Waals surface area contributed by atoms with Crippen LogP contribution in [0.3, 0.4) is 0 Å². The zero-order chi connectivity index (χ0) is 11.5. The van der Waals surface area contributed by atoms with Crippen molar-refractivity contribution in [2.45, 2.75) is 38.0 Å². The highest BCUT2D eigenvalue weighted by molar-refractivity contribution is 6.30. The van der Waals surface area contributed by atoms with E-state index in [4.69, 9.17) is 22.1 Å². The molecule has 0 heterocycles. The summed E-state index contributed by atoms with van der Waals surface area (Å²) in [5.41, 5.74) is 6.59. The minimum Gasteiger partial charge on any atom is -0.373 e. The van der Waals surface area contributed by atoms with E-state index in [2.05, 4.69) is 0 Å². The van der Waals surface area contributed by atoms with Gasteiger partial charge in [-0.15, -0.1) is 0 Å². The molecule has 0 saturated heterocycles. The predicted octanol–water partition coefficient (Wildman–Crippen LogP) is 2.88. The largest absolute Gasteiger partial charge is 0.373 e. The number of hydrogen-bond acceptors (Lipinski definition) is 2. The van der Waals surface area contributed by atoms with Crippen molar-refractivity contribution in [1.29, 1.82) is 0 Å². The molecular formula is C12H15ClFNO. The van der Waals surface area contributed by atoms with Crippen LogP contribution in [0.5, 0.6) is 0 Å². The fourth-order valence-corrected chi connectivity index (χ4v) is 2.09. The summed E-state index contributed by atoms with van der Waals surface area (Å²) in [4.78, 5) is 0. The molecule has 1 aromatic rings. The number of halogens is 2. The second-order valence-corrected chi connectivity index (χ2v) is 4.66. The Hall–Kier alpha value is -0.640. The highest BCUT2D eigenvalue weighted by Crippen LogP contribution is 2.22. The van der Waals surface area contributed by atoms with Gasteiger partial charge in [0.15, 0.2) is 0 Å². The molecule has 1 fully saturated rings. The van der Waals surface area contributed by atoms with Crippen molar-refractivity contribution in [2.24, 2.45) is 5.73 Å². The molecule has 2 atom stereocenters. The SMILES string of the molecule is NC1CCC(OCc2ccc(Cl)c(F)c2)C1. The summed E-state index contributed by atoms with van der Waals surface area (Å²) in [6.07, 6.45) is 3.13. The molecule has 1 aromatic carbocycles. The van der Waals surface area contributed by atoms with Gasteiger partial charge in [0, 0.05) is 6.04 Å². The van der Waals surface area contributed by atoms with Gasteiger partial charge in [0.1, 0.15) is 5.82 Å². The van der Waals surface area contributed by atoms with Crippen LogP contribution < -0.4 is 5.73 Å². The maximum atomic E-state index is 13.1. The number of ether oxygens (including phenoxy) is 1. The van der Waals surface area contributed by atoms with Crippen LogP contribution in [0, 0.1) is 5.82 Å². The first-order valence-electron chi connectivity index (χ1n) is 5.46. The minimum atomic E-state index is -0.397. The van der Waals surface area contributed by atoms with Crippen LogP contribution in [0.15, 0.2) is 18.2 Å². The lowest BCUT2D eigenvalue weighted by atomic mass is 10.2. The van der Waals surface area contributed by atoms with Crippen LogP contribution in [0.4, 0.5) is 4.39 Å². The molecule has 88 valence electrons. The molecule has 1 saturated carbocycles. The van der Waals surface area contributed by atoms with Gasteiger partial charge >= 0.3 is 0 Å². The lowest BCUT2D eigenvalue weighted by molar-refractivity contribution is 0.0447. The van der Waals surface area contributed by atoms with E-state index in [9.17, 15) is 4.39 Å². The van der Waals surface area contributed by atoms with Crippen LogP contribution in [-0.2, 0) is 11.3 Å². The molecule has 0 amide bonds. The van der Waals surface area contributed by atoms with Crippen molar-refractivity contribution in [3.8, 4) is 0 Å². The van der Waals surface area contributed by atoms with Gasteiger partial charge in [0.2, 0.25) is 0 Å². The zero-order valence-corrected chi connectivity index (χ0v) is 9.71. The zero-order valence-electron chi connectivity index (χ0n) is 8.96. The normalized spacial score (nSPS) is 24.9. The van der Waals surface area contributed by atoms with E-state index in [0.29, 0.717) is 6.61 Å². The average molecular weight is 244 g/mol. The van der Waals surface area contributed by atoms with Gasteiger partial charge in [0.05, 0.1) is 17.7 Å². The molecule has 0 spiro atoms. The van der Waals surface area contributed by atoms with Crippen molar-refractivity contribution < 1.29 is 9.13 Å². The van der Waals surface area contributed by atoms with Crippen molar-refractivity contribution in [3.63, 3.8) is 0 Å². The summed E-state index contributed by atoms with van der Waals surface area (Å²) in [7, 11) is 0. The standard InChI is InChI=1S/C12H15ClFNO/c13-11-4-1-8(5-12(11)14)7-16-10-3-2-9(15)6-10/h1,4-5,9-10H,2-3,6-7,15H2. The Kier molecular flexibility index (Phi) is 3.79. The van der Waals surface area contributed by atoms with Gasteiger partial charge < -0.3 is 10.5 Å². The summed E-state index contributed by atoms with van der Waals surface area (Å²) < 4.78 is 18.8. The molecule has 0 aromatic heterocycles. The number of hydrogen-bond donors (Lipinski definition) is 1. The molecule has 2 unspecified atom stereocenters. The van der Waals surface area contributed by atoms with E-state index >= 15 is 0 Å². The van der Waals surface area contributed by atoms with Crippen molar-refractivity contribution in [2.75, 3.05) is 0 Å². The molecule has 0 aliphatic heterocycles. The highest BCUT2D eigenvalue weighted by atomic mass is 35.5. The predicted molar refractivity (Wildman–Crippen MR) is 61.8 cm³/mol. The maximum Gasteiger partial charge on any atom is 0.142 e. The van der Waals surface area contributed by atoms with Gasteiger partial charge in [-0.3, -0.25) is 0 Å². The van der Waals surface area contributed by atoms with Gasteiger partial charge in [-0.1, -0.05) is 17.7 Å². The van der Waals surface area contributed by atoms with E-state index in [-0.39, 0.29) is 17.2 Å². The second-order valence-electron chi connectivity index (χ2n) is 4.25. The van der Waals surface area contributed by atoms with E-state index in [0.717, 1.165) is 24.8 Å². The lowest BCUT2D eigenvalue weighted by Gasteiger charge is -2.11. The molecule has 4 heteroatoms. The third kappa shape index (κ3) is 2.94. The van der Waals surface area contributed by atoms with Crippen LogP contribution in [0.1, 0.15) is 24.8 Å². The Morgan fingerprint density at radius 1 is 1.44 bits per heavy atom. The van der Waals surface area contributed by atoms with Crippen LogP contribution in [-0.4, -0.2) is 12.1 Å². The molecule has 16 heavy (non-hydrogen) atoms. The second kappa shape index (κ2) is 5.13. The van der Waals surface area contributed by atoms with E-state index in [1.807, 2.05) is 0 Å². The molecule has 2 nitrogen and oxygen atoms in total. The lowest BCUT2D eigenvalue weighted by Crippen LogP contribution is -2.17. The molecule has 0 bridgehead atoms. The molecule has 2 N–H and O–H groups in total. The summed E-state index contributed by atoms with van der Waals surface area (Å²) >= 11 is 5.59. The summed E-state index contributed by atoms with van der Waals surface area (Å²) in [5, 5.41) is 0.145. The first-order valence-corrected chi connectivity index (χ1v) is 5.84. The molecule has 2 rings (SSSR count). The molecule has 0 radical (unpaired) electrons. The van der Waals surface area contributed by atoms with Crippen LogP contribution >= 0.6 is 11.6 Å². The molecule has 1 aliphatic carbocycles. The summed E-state index contributed by atoms with van der Waals surface area (Å²) in [6, 6.07) is 5.00. The Bertz CT molecular complexity index is 372.